The molecule has 0 spiro atoms. The number of aromatic nitrogens is 2. The Hall–Kier alpha value is -2.54. The van der Waals surface area contributed by atoms with Gasteiger partial charge in [0.15, 0.2) is 11.5 Å². The second kappa shape index (κ2) is 9.59. The molecule has 2 rings (SSSR count). The quantitative estimate of drug-likeness (QED) is 0.677. The first-order valence-electron chi connectivity index (χ1n) is 9.56. The third-order valence-electron chi connectivity index (χ3n) is 4.31. The van der Waals surface area contributed by atoms with Crippen LogP contribution in [0.1, 0.15) is 31.5 Å². The topological polar surface area (TPSA) is 85.5 Å². The Morgan fingerprint density at radius 1 is 1.14 bits per heavy atom. The van der Waals surface area contributed by atoms with Crippen LogP contribution in [0.2, 0.25) is 0 Å². The highest BCUT2D eigenvalue weighted by Gasteiger charge is 2.16. The Morgan fingerprint density at radius 2 is 1.86 bits per heavy atom. The Kier molecular flexibility index (Phi) is 7.45. The zero-order valence-electron chi connectivity index (χ0n) is 18.0. The van der Waals surface area contributed by atoms with Gasteiger partial charge in [-0.2, -0.15) is 4.98 Å². The molecule has 1 aromatic heterocycles. The van der Waals surface area contributed by atoms with Crippen molar-refractivity contribution in [2.75, 3.05) is 38.8 Å². The number of nitrogen functional groups attached to an aromatic ring is 1. The van der Waals surface area contributed by atoms with E-state index in [0.29, 0.717) is 23.4 Å². The summed E-state index contributed by atoms with van der Waals surface area (Å²) in [5.41, 5.74) is 8.43. The minimum absolute atomic E-state index is 0.0596. The van der Waals surface area contributed by atoms with Gasteiger partial charge in [-0.05, 0) is 58.8 Å². The van der Waals surface area contributed by atoms with Gasteiger partial charge in [-0.25, -0.2) is 4.98 Å². The number of methoxy groups -OCH3 is 1. The molecule has 0 saturated heterocycles. The van der Waals surface area contributed by atoms with Crippen LogP contribution in [0.25, 0.3) is 0 Å². The summed E-state index contributed by atoms with van der Waals surface area (Å²) in [5.74, 6) is 2.86. The highest BCUT2D eigenvalue weighted by atomic mass is 16.5. The van der Waals surface area contributed by atoms with E-state index in [1.807, 2.05) is 26.0 Å². The molecule has 7 heteroatoms. The Morgan fingerprint density at radius 3 is 2.46 bits per heavy atom. The van der Waals surface area contributed by atoms with E-state index in [-0.39, 0.29) is 6.10 Å². The molecular formula is C21H33N5O2. The molecule has 0 aliphatic heterocycles. The third-order valence-corrected chi connectivity index (χ3v) is 4.31. The monoisotopic (exact) mass is 387 g/mol. The zero-order chi connectivity index (χ0) is 20.8. The van der Waals surface area contributed by atoms with E-state index in [1.54, 1.807) is 13.2 Å². The summed E-state index contributed by atoms with van der Waals surface area (Å²) in [4.78, 5) is 10.8. The summed E-state index contributed by atoms with van der Waals surface area (Å²) in [7, 11) is 5.83. The van der Waals surface area contributed by atoms with Crippen molar-refractivity contribution in [3.63, 3.8) is 0 Å². The Labute approximate surface area is 168 Å². The molecule has 28 heavy (non-hydrogen) atoms. The van der Waals surface area contributed by atoms with Gasteiger partial charge in [0.2, 0.25) is 5.95 Å². The van der Waals surface area contributed by atoms with Crippen molar-refractivity contribution < 1.29 is 9.47 Å². The van der Waals surface area contributed by atoms with E-state index in [1.165, 1.54) is 0 Å². The standard InChI is InChI=1S/C21H33N5O2/c1-13(12-26(5)6)8-16(4)28-18-11-17(9-14(2)20(18)27-7)24-21-23-15(3)10-19(22)25-21/h9-11,13,16H,8,12H2,1-7H3,(H3,22,23,24,25)/t13-,16-/m1/s1. The number of aryl methyl sites for hydroxylation is 2. The van der Waals surface area contributed by atoms with Crippen molar-refractivity contribution in [2.45, 2.75) is 40.2 Å². The maximum absolute atomic E-state index is 6.25. The van der Waals surface area contributed by atoms with E-state index < -0.39 is 0 Å². The minimum atomic E-state index is 0.0596. The van der Waals surface area contributed by atoms with Gasteiger partial charge in [0.05, 0.1) is 13.2 Å². The molecule has 3 N–H and O–H groups in total. The maximum atomic E-state index is 6.25. The van der Waals surface area contributed by atoms with Crippen molar-refractivity contribution in [1.29, 1.82) is 0 Å². The van der Waals surface area contributed by atoms with E-state index in [9.17, 15) is 0 Å². The Balaban J connectivity index is 2.20. The average Bonchev–Trinajstić information content (AvgIpc) is 2.52. The van der Waals surface area contributed by atoms with Crippen LogP contribution in [0.3, 0.4) is 0 Å². The van der Waals surface area contributed by atoms with Gasteiger partial charge in [-0.3, -0.25) is 0 Å². The number of rotatable bonds is 9. The summed E-state index contributed by atoms with van der Waals surface area (Å²) in [6.07, 6.45) is 1.01. The van der Waals surface area contributed by atoms with Crippen molar-refractivity contribution in [3.8, 4) is 11.5 Å². The molecule has 7 nitrogen and oxygen atoms in total. The average molecular weight is 388 g/mol. The molecule has 0 saturated carbocycles. The van der Waals surface area contributed by atoms with Crippen LogP contribution in [0.15, 0.2) is 18.2 Å². The molecule has 0 aliphatic carbocycles. The number of hydrogen-bond donors (Lipinski definition) is 2. The van der Waals surface area contributed by atoms with Crippen molar-refractivity contribution in [2.24, 2.45) is 5.92 Å². The summed E-state index contributed by atoms with van der Waals surface area (Å²) in [6, 6.07) is 5.63. The van der Waals surface area contributed by atoms with Crippen LogP contribution < -0.4 is 20.5 Å². The van der Waals surface area contributed by atoms with Gasteiger partial charge in [0.1, 0.15) is 5.82 Å². The van der Waals surface area contributed by atoms with Crippen molar-refractivity contribution in [1.82, 2.24) is 14.9 Å². The molecule has 0 aliphatic rings. The first-order valence-corrected chi connectivity index (χ1v) is 9.56. The van der Waals surface area contributed by atoms with Gasteiger partial charge < -0.3 is 25.4 Å². The third kappa shape index (κ3) is 6.27. The van der Waals surface area contributed by atoms with Gasteiger partial charge in [0.25, 0.3) is 0 Å². The fourth-order valence-corrected chi connectivity index (χ4v) is 3.47. The molecule has 1 aromatic carbocycles. The lowest BCUT2D eigenvalue weighted by atomic mass is 10.0. The number of benzene rings is 1. The summed E-state index contributed by atoms with van der Waals surface area (Å²) >= 11 is 0. The van der Waals surface area contributed by atoms with Gasteiger partial charge in [-0.15, -0.1) is 0 Å². The largest absolute Gasteiger partial charge is 0.493 e. The molecule has 154 valence electrons. The molecule has 2 aromatic rings. The van der Waals surface area contributed by atoms with E-state index in [0.717, 1.165) is 35.7 Å². The highest BCUT2D eigenvalue weighted by molar-refractivity contribution is 5.63. The summed E-state index contributed by atoms with van der Waals surface area (Å²) in [5, 5.41) is 3.21. The van der Waals surface area contributed by atoms with E-state index in [4.69, 9.17) is 15.2 Å². The number of nitrogens with zero attached hydrogens (tertiary/aromatic N) is 3. The predicted octanol–water partition coefficient (Wildman–Crippen LogP) is 3.78. The lowest BCUT2D eigenvalue weighted by molar-refractivity contribution is 0.171. The fourth-order valence-electron chi connectivity index (χ4n) is 3.47. The van der Waals surface area contributed by atoms with E-state index >= 15 is 0 Å². The SMILES string of the molecule is COc1c(C)cc(Nc2nc(C)cc(N)n2)cc1O[C@H](C)C[C@@H](C)CN(C)C. The lowest BCUT2D eigenvalue weighted by Crippen LogP contribution is -2.24. The first-order chi connectivity index (χ1) is 13.2. The number of anilines is 3. The first kappa shape index (κ1) is 21.8. The van der Waals surface area contributed by atoms with Gasteiger partial charge in [-0.1, -0.05) is 6.92 Å². The number of hydrogen-bond acceptors (Lipinski definition) is 7. The summed E-state index contributed by atoms with van der Waals surface area (Å²) in [6.45, 7) is 9.22. The fraction of sp³-hybridized carbons (Fsp3) is 0.524. The normalized spacial score (nSPS) is 13.3. The van der Waals surface area contributed by atoms with Crippen molar-refractivity contribution in [3.05, 3.63) is 29.5 Å². The van der Waals surface area contributed by atoms with E-state index in [2.05, 4.69) is 48.1 Å². The van der Waals surface area contributed by atoms with Crippen LogP contribution in [-0.2, 0) is 0 Å². The molecule has 0 unspecified atom stereocenters. The second-order valence-electron chi connectivity index (χ2n) is 7.74. The minimum Gasteiger partial charge on any atom is -0.493 e. The highest BCUT2D eigenvalue weighted by Crippen LogP contribution is 2.36. The molecule has 1 heterocycles. The number of ether oxygens (including phenoxy) is 2. The van der Waals surface area contributed by atoms with Crippen molar-refractivity contribution >= 4 is 17.5 Å². The Bertz CT molecular complexity index is 774. The van der Waals surface area contributed by atoms with Crippen LogP contribution in [0.5, 0.6) is 11.5 Å². The molecule has 0 amide bonds. The molecule has 2 atom stereocenters. The zero-order valence-corrected chi connectivity index (χ0v) is 18.0. The van der Waals surface area contributed by atoms with Gasteiger partial charge in [0, 0.05) is 30.1 Å². The summed E-state index contributed by atoms with van der Waals surface area (Å²) < 4.78 is 11.8. The predicted molar refractivity (Wildman–Crippen MR) is 115 cm³/mol. The van der Waals surface area contributed by atoms with Crippen LogP contribution in [-0.4, -0.2) is 48.7 Å². The lowest BCUT2D eigenvalue weighted by Gasteiger charge is -2.23. The maximum Gasteiger partial charge on any atom is 0.229 e. The number of nitrogens with two attached hydrogens (primary N) is 1. The van der Waals surface area contributed by atoms with Gasteiger partial charge >= 0.3 is 0 Å². The molecule has 0 fully saturated rings. The molecular weight excluding hydrogens is 354 g/mol. The smallest absolute Gasteiger partial charge is 0.229 e. The number of nitrogens with one attached hydrogen (secondary N) is 1. The van der Waals surface area contributed by atoms with Crippen LogP contribution in [0, 0.1) is 19.8 Å². The molecule has 0 bridgehead atoms. The molecule has 0 radical (unpaired) electrons. The second-order valence-corrected chi connectivity index (χ2v) is 7.74. The van der Waals surface area contributed by atoms with Crippen LogP contribution >= 0.6 is 0 Å². The van der Waals surface area contributed by atoms with Crippen LogP contribution in [0.4, 0.5) is 17.5 Å².